The van der Waals surface area contributed by atoms with E-state index >= 15 is 0 Å². The summed E-state index contributed by atoms with van der Waals surface area (Å²) < 4.78 is 9.94. The van der Waals surface area contributed by atoms with Gasteiger partial charge in [0.15, 0.2) is 0 Å². The molecule has 1 rings (SSSR count). The quantitative estimate of drug-likeness (QED) is 0.453. The topological polar surface area (TPSA) is 78.6 Å². The number of carbonyl (C=O) groups excluding carboxylic acids is 2. The molecule has 1 aromatic rings. The van der Waals surface area contributed by atoms with Gasteiger partial charge < -0.3 is 15.2 Å². The van der Waals surface area contributed by atoms with E-state index in [2.05, 4.69) is 0 Å². The Hall–Kier alpha value is -1.75. The number of anilines is 1. The minimum absolute atomic E-state index is 0.193. The SMILES string of the molecule is CCOC(=O)CCCCCOC(=O)c1cccc(N)c1Cl. The molecule has 0 aliphatic carbocycles. The Bertz CT molecular complexity index is 491. The molecule has 1 aromatic carbocycles. The van der Waals surface area contributed by atoms with E-state index in [1.165, 1.54) is 0 Å². The lowest BCUT2D eigenvalue weighted by Gasteiger charge is -2.07. The Balaban J connectivity index is 2.22. The number of ether oxygens (including phenoxy) is 2. The number of nitrogen functional groups attached to an aromatic ring is 1. The fraction of sp³-hybridized carbons (Fsp3) is 0.467. The predicted octanol–water partition coefficient (Wildman–Crippen LogP) is 3.20. The van der Waals surface area contributed by atoms with Gasteiger partial charge in [0.25, 0.3) is 0 Å². The molecule has 0 spiro atoms. The molecule has 0 aliphatic rings. The molecule has 0 amide bonds. The molecule has 116 valence electrons. The van der Waals surface area contributed by atoms with Crippen molar-refractivity contribution in [2.75, 3.05) is 18.9 Å². The van der Waals surface area contributed by atoms with Crippen molar-refractivity contribution in [2.24, 2.45) is 0 Å². The number of hydrogen-bond acceptors (Lipinski definition) is 5. The molecule has 0 saturated carbocycles. The first-order valence-electron chi connectivity index (χ1n) is 6.93. The number of unbranched alkanes of at least 4 members (excludes halogenated alkanes) is 2. The normalized spacial score (nSPS) is 10.2. The maximum absolute atomic E-state index is 11.8. The van der Waals surface area contributed by atoms with Crippen LogP contribution in [0.15, 0.2) is 18.2 Å². The largest absolute Gasteiger partial charge is 0.466 e. The van der Waals surface area contributed by atoms with E-state index in [1.54, 1.807) is 25.1 Å². The number of benzene rings is 1. The van der Waals surface area contributed by atoms with E-state index in [0.29, 0.717) is 25.1 Å². The van der Waals surface area contributed by atoms with Crippen molar-refractivity contribution in [2.45, 2.75) is 32.6 Å². The fourth-order valence-corrected chi connectivity index (χ4v) is 1.93. The van der Waals surface area contributed by atoms with E-state index in [0.717, 1.165) is 12.8 Å². The average molecular weight is 314 g/mol. The zero-order chi connectivity index (χ0) is 15.7. The van der Waals surface area contributed by atoms with Gasteiger partial charge in [0.1, 0.15) is 0 Å². The van der Waals surface area contributed by atoms with Gasteiger partial charge >= 0.3 is 11.9 Å². The fourth-order valence-electron chi connectivity index (χ4n) is 1.73. The summed E-state index contributed by atoms with van der Waals surface area (Å²) in [5.41, 5.74) is 6.24. The van der Waals surface area contributed by atoms with Crippen LogP contribution >= 0.6 is 11.6 Å². The van der Waals surface area contributed by atoms with Gasteiger partial charge in [-0.05, 0) is 38.3 Å². The molecule has 0 saturated heterocycles. The lowest BCUT2D eigenvalue weighted by molar-refractivity contribution is -0.143. The second-order valence-corrected chi connectivity index (χ2v) is 4.84. The second kappa shape index (κ2) is 9.23. The van der Waals surface area contributed by atoms with Gasteiger partial charge in [0.2, 0.25) is 0 Å². The lowest BCUT2D eigenvalue weighted by Crippen LogP contribution is -2.08. The predicted molar refractivity (Wildman–Crippen MR) is 81.2 cm³/mol. The summed E-state index contributed by atoms with van der Waals surface area (Å²) in [5, 5.41) is 0.213. The summed E-state index contributed by atoms with van der Waals surface area (Å²) in [7, 11) is 0. The van der Waals surface area contributed by atoms with Crippen LogP contribution in [0.25, 0.3) is 0 Å². The van der Waals surface area contributed by atoms with Crippen molar-refractivity contribution in [1.29, 1.82) is 0 Å². The van der Waals surface area contributed by atoms with E-state index < -0.39 is 5.97 Å². The van der Waals surface area contributed by atoms with Gasteiger partial charge in [-0.3, -0.25) is 4.79 Å². The highest BCUT2D eigenvalue weighted by Gasteiger charge is 2.13. The van der Waals surface area contributed by atoms with E-state index in [4.69, 9.17) is 26.8 Å². The van der Waals surface area contributed by atoms with Crippen LogP contribution in [0.3, 0.4) is 0 Å². The molecule has 0 aliphatic heterocycles. The van der Waals surface area contributed by atoms with Crippen LogP contribution in [0, 0.1) is 0 Å². The van der Waals surface area contributed by atoms with Crippen LogP contribution in [0.4, 0.5) is 5.69 Å². The van der Waals surface area contributed by atoms with Crippen LogP contribution in [0.1, 0.15) is 43.0 Å². The van der Waals surface area contributed by atoms with Gasteiger partial charge in [-0.1, -0.05) is 17.7 Å². The number of hydrogen-bond donors (Lipinski definition) is 1. The smallest absolute Gasteiger partial charge is 0.339 e. The van der Waals surface area contributed by atoms with Crippen molar-refractivity contribution in [1.82, 2.24) is 0 Å². The minimum Gasteiger partial charge on any atom is -0.466 e. The van der Waals surface area contributed by atoms with Crippen LogP contribution in [0.5, 0.6) is 0 Å². The third kappa shape index (κ3) is 6.04. The van der Waals surface area contributed by atoms with Gasteiger partial charge in [-0.15, -0.1) is 0 Å². The van der Waals surface area contributed by atoms with Crippen molar-refractivity contribution in [3.63, 3.8) is 0 Å². The molecule has 21 heavy (non-hydrogen) atoms. The molecule has 0 bridgehead atoms. The monoisotopic (exact) mass is 313 g/mol. The Labute approximate surface area is 129 Å². The van der Waals surface area contributed by atoms with E-state index in [-0.39, 0.29) is 23.2 Å². The number of halogens is 1. The summed E-state index contributed by atoms with van der Waals surface area (Å²) >= 11 is 5.94. The zero-order valence-corrected chi connectivity index (χ0v) is 12.8. The second-order valence-electron chi connectivity index (χ2n) is 4.46. The van der Waals surface area contributed by atoms with Gasteiger partial charge in [0, 0.05) is 6.42 Å². The molecule has 0 aromatic heterocycles. The molecule has 0 radical (unpaired) electrons. The first kappa shape index (κ1) is 17.3. The summed E-state index contributed by atoms with van der Waals surface area (Å²) in [5.74, 6) is -0.682. The maximum Gasteiger partial charge on any atom is 0.339 e. The van der Waals surface area contributed by atoms with Gasteiger partial charge in [-0.25, -0.2) is 4.79 Å². The van der Waals surface area contributed by atoms with Crippen molar-refractivity contribution in [3.05, 3.63) is 28.8 Å². The Morgan fingerprint density at radius 2 is 1.95 bits per heavy atom. The van der Waals surface area contributed by atoms with Crippen LogP contribution in [-0.2, 0) is 14.3 Å². The molecule has 0 heterocycles. The van der Waals surface area contributed by atoms with Gasteiger partial charge in [-0.2, -0.15) is 0 Å². The number of nitrogens with two attached hydrogens (primary N) is 1. The first-order valence-corrected chi connectivity index (χ1v) is 7.30. The number of esters is 2. The van der Waals surface area contributed by atoms with E-state index in [9.17, 15) is 9.59 Å². The molecular formula is C15H20ClNO4. The Morgan fingerprint density at radius 3 is 2.67 bits per heavy atom. The number of rotatable bonds is 8. The highest BCUT2D eigenvalue weighted by molar-refractivity contribution is 6.36. The van der Waals surface area contributed by atoms with Crippen molar-refractivity contribution >= 4 is 29.2 Å². The molecule has 6 heteroatoms. The summed E-state index contributed by atoms with van der Waals surface area (Å²) in [6.45, 7) is 2.46. The lowest BCUT2D eigenvalue weighted by atomic mass is 10.2. The molecular weight excluding hydrogens is 294 g/mol. The van der Waals surface area contributed by atoms with Gasteiger partial charge in [0.05, 0.1) is 29.5 Å². The third-order valence-electron chi connectivity index (χ3n) is 2.81. The first-order chi connectivity index (χ1) is 10.1. The Kier molecular flexibility index (Phi) is 7.61. The standard InChI is InChI=1S/C15H20ClNO4/c1-2-20-13(18)9-4-3-5-10-21-15(19)11-7-6-8-12(17)14(11)16/h6-8H,2-5,9-10,17H2,1H3. The van der Waals surface area contributed by atoms with E-state index in [1.807, 2.05) is 0 Å². The summed E-state index contributed by atoms with van der Waals surface area (Å²) in [4.78, 5) is 22.9. The maximum atomic E-state index is 11.8. The Morgan fingerprint density at radius 1 is 1.19 bits per heavy atom. The van der Waals surface area contributed by atoms with Crippen LogP contribution < -0.4 is 5.73 Å². The highest BCUT2D eigenvalue weighted by atomic mass is 35.5. The highest BCUT2D eigenvalue weighted by Crippen LogP contribution is 2.23. The molecule has 5 nitrogen and oxygen atoms in total. The third-order valence-corrected chi connectivity index (χ3v) is 3.23. The van der Waals surface area contributed by atoms with Crippen molar-refractivity contribution in [3.8, 4) is 0 Å². The molecule has 0 fully saturated rings. The zero-order valence-electron chi connectivity index (χ0n) is 12.1. The number of carbonyl (C=O) groups is 2. The summed E-state index contributed by atoms with van der Waals surface area (Å²) in [6, 6.07) is 4.84. The minimum atomic E-state index is -0.488. The summed E-state index contributed by atoms with van der Waals surface area (Å²) in [6.07, 6.45) is 2.58. The molecule has 2 N–H and O–H groups in total. The van der Waals surface area contributed by atoms with Crippen LogP contribution in [-0.4, -0.2) is 25.2 Å². The molecule has 0 atom stereocenters. The van der Waals surface area contributed by atoms with Crippen LogP contribution in [0.2, 0.25) is 5.02 Å². The molecule has 0 unspecified atom stereocenters. The average Bonchev–Trinajstić information content (AvgIpc) is 2.45. The van der Waals surface area contributed by atoms with Crippen molar-refractivity contribution < 1.29 is 19.1 Å².